The van der Waals surface area contributed by atoms with Gasteiger partial charge < -0.3 is 10.0 Å². The maximum absolute atomic E-state index is 13.3. The molecular weight excluding hydrogens is 288 g/mol. The Labute approximate surface area is 127 Å². The molecule has 0 spiro atoms. The lowest BCUT2D eigenvalue weighted by Gasteiger charge is -2.27. The van der Waals surface area contributed by atoms with E-state index in [0.29, 0.717) is 11.1 Å². The van der Waals surface area contributed by atoms with Gasteiger partial charge in [-0.1, -0.05) is 36.4 Å². The van der Waals surface area contributed by atoms with Crippen LogP contribution >= 0.6 is 0 Å². The van der Waals surface area contributed by atoms with Gasteiger partial charge in [0.15, 0.2) is 17.7 Å². The number of carbonyl (C=O) groups excluding carboxylic acids is 1. The van der Waals surface area contributed by atoms with Crippen LogP contribution in [0.2, 0.25) is 0 Å². The first kappa shape index (κ1) is 16.1. The second-order valence-electron chi connectivity index (χ2n) is 5.11. The van der Waals surface area contributed by atoms with Gasteiger partial charge in [-0.2, -0.15) is 0 Å². The molecule has 116 valence electrons. The highest BCUT2D eigenvalue weighted by molar-refractivity contribution is 5.82. The van der Waals surface area contributed by atoms with Crippen molar-refractivity contribution in [2.45, 2.75) is 19.1 Å². The minimum Gasteiger partial charge on any atom is -0.378 e. The highest BCUT2D eigenvalue weighted by atomic mass is 19.2. The first-order chi connectivity index (χ1) is 10.4. The van der Waals surface area contributed by atoms with Gasteiger partial charge in [0.25, 0.3) is 5.91 Å². The number of rotatable bonds is 4. The summed E-state index contributed by atoms with van der Waals surface area (Å²) in [7, 11) is 1.51. The van der Waals surface area contributed by atoms with Crippen molar-refractivity contribution < 1.29 is 18.7 Å². The molecule has 2 rings (SSSR count). The van der Waals surface area contributed by atoms with Crippen molar-refractivity contribution in [2.24, 2.45) is 0 Å². The van der Waals surface area contributed by atoms with Gasteiger partial charge in [0.2, 0.25) is 0 Å². The van der Waals surface area contributed by atoms with E-state index in [1.807, 2.05) is 0 Å². The molecule has 2 aromatic carbocycles. The maximum Gasteiger partial charge on any atom is 0.256 e. The highest BCUT2D eigenvalue weighted by Crippen LogP contribution is 2.24. The van der Waals surface area contributed by atoms with Crippen LogP contribution < -0.4 is 0 Å². The molecule has 0 fully saturated rings. The van der Waals surface area contributed by atoms with Crippen molar-refractivity contribution in [3.8, 4) is 0 Å². The van der Waals surface area contributed by atoms with Gasteiger partial charge in [-0.25, -0.2) is 8.78 Å². The van der Waals surface area contributed by atoms with Crippen LogP contribution in [0.3, 0.4) is 0 Å². The van der Waals surface area contributed by atoms with Crippen LogP contribution in [0.1, 0.15) is 30.2 Å². The van der Waals surface area contributed by atoms with Crippen molar-refractivity contribution in [1.82, 2.24) is 4.90 Å². The van der Waals surface area contributed by atoms with Crippen molar-refractivity contribution in [2.75, 3.05) is 7.05 Å². The molecule has 22 heavy (non-hydrogen) atoms. The molecule has 0 aliphatic heterocycles. The molecular formula is C17H17F2NO2. The Hall–Kier alpha value is -2.27. The molecule has 0 radical (unpaired) electrons. The summed E-state index contributed by atoms with van der Waals surface area (Å²) in [4.78, 5) is 13.6. The van der Waals surface area contributed by atoms with Crippen LogP contribution in [0.25, 0.3) is 0 Å². The van der Waals surface area contributed by atoms with Crippen LogP contribution in [0.5, 0.6) is 0 Å². The number of carbonyl (C=O) groups is 1. The number of amides is 1. The molecule has 3 nitrogen and oxygen atoms in total. The molecule has 2 atom stereocenters. The summed E-state index contributed by atoms with van der Waals surface area (Å²) in [5.41, 5.74) is 0.937. The smallest absolute Gasteiger partial charge is 0.256 e. The van der Waals surface area contributed by atoms with E-state index in [1.165, 1.54) is 18.0 Å². The number of hydrogen-bond acceptors (Lipinski definition) is 2. The molecule has 0 aliphatic carbocycles. The predicted octanol–water partition coefficient (Wildman–Crippen LogP) is 3.22. The van der Waals surface area contributed by atoms with Crippen LogP contribution in [0, 0.1) is 11.6 Å². The average molecular weight is 305 g/mol. The lowest BCUT2D eigenvalue weighted by molar-refractivity contribution is -0.141. The molecule has 2 aromatic rings. The Morgan fingerprint density at radius 2 is 1.68 bits per heavy atom. The third-order valence-corrected chi connectivity index (χ3v) is 3.70. The fraction of sp³-hybridized carbons (Fsp3) is 0.235. The number of nitrogens with zero attached hydrogens (tertiary/aromatic N) is 1. The minimum absolute atomic E-state index is 0.454. The number of likely N-dealkylation sites (N-methyl/N-ethyl adjacent to an activating group) is 1. The zero-order chi connectivity index (χ0) is 16.3. The van der Waals surface area contributed by atoms with Gasteiger partial charge >= 0.3 is 0 Å². The van der Waals surface area contributed by atoms with Crippen LogP contribution in [-0.4, -0.2) is 23.0 Å². The monoisotopic (exact) mass is 305 g/mol. The second kappa shape index (κ2) is 6.66. The summed E-state index contributed by atoms with van der Waals surface area (Å²) >= 11 is 0. The van der Waals surface area contributed by atoms with E-state index >= 15 is 0 Å². The number of aliphatic hydroxyl groups excluding tert-OH is 1. The second-order valence-corrected chi connectivity index (χ2v) is 5.11. The largest absolute Gasteiger partial charge is 0.378 e. The van der Waals surface area contributed by atoms with Crippen molar-refractivity contribution in [3.05, 3.63) is 71.3 Å². The van der Waals surface area contributed by atoms with Crippen LogP contribution in [0.4, 0.5) is 8.78 Å². The zero-order valence-corrected chi connectivity index (χ0v) is 12.3. The molecule has 2 unspecified atom stereocenters. The normalized spacial score (nSPS) is 13.5. The van der Waals surface area contributed by atoms with Gasteiger partial charge in [-0.15, -0.1) is 0 Å². The number of benzene rings is 2. The van der Waals surface area contributed by atoms with Crippen molar-refractivity contribution >= 4 is 5.91 Å². The molecule has 0 aromatic heterocycles. The summed E-state index contributed by atoms with van der Waals surface area (Å²) < 4.78 is 26.3. The van der Waals surface area contributed by atoms with Crippen molar-refractivity contribution in [3.63, 3.8) is 0 Å². The van der Waals surface area contributed by atoms with E-state index in [2.05, 4.69) is 0 Å². The Balaban J connectivity index is 2.17. The van der Waals surface area contributed by atoms with E-state index in [0.717, 1.165) is 12.1 Å². The topological polar surface area (TPSA) is 40.5 Å². The molecule has 0 aliphatic rings. The predicted molar refractivity (Wildman–Crippen MR) is 78.9 cm³/mol. The fourth-order valence-electron chi connectivity index (χ4n) is 2.16. The highest BCUT2D eigenvalue weighted by Gasteiger charge is 2.25. The molecule has 1 N–H and O–H groups in total. The Bertz CT molecular complexity index is 661. The van der Waals surface area contributed by atoms with Crippen LogP contribution in [0.15, 0.2) is 48.5 Å². The summed E-state index contributed by atoms with van der Waals surface area (Å²) in [5.74, 6) is -2.41. The van der Waals surface area contributed by atoms with Gasteiger partial charge in [0.05, 0.1) is 6.04 Å². The maximum atomic E-state index is 13.3. The summed E-state index contributed by atoms with van der Waals surface area (Å²) in [5, 5.41) is 10.1. The van der Waals surface area contributed by atoms with E-state index in [9.17, 15) is 18.7 Å². The molecule has 0 saturated carbocycles. The Morgan fingerprint density at radius 1 is 1.05 bits per heavy atom. The lowest BCUT2D eigenvalue weighted by Crippen LogP contribution is -2.34. The van der Waals surface area contributed by atoms with E-state index in [-0.39, 0.29) is 0 Å². The number of hydrogen-bond donors (Lipinski definition) is 1. The zero-order valence-electron chi connectivity index (χ0n) is 12.3. The first-order valence-electron chi connectivity index (χ1n) is 6.86. The number of aliphatic hydroxyl groups is 1. The fourth-order valence-corrected chi connectivity index (χ4v) is 2.16. The minimum atomic E-state index is -1.29. The van der Waals surface area contributed by atoms with Gasteiger partial charge in [-0.05, 0) is 30.2 Å². The molecule has 1 amide bonds. The van der Waals surface area contributed by atoms with Gasteiger partial charge in [0.1, 0.15) is 0 Å². The van der Waals surface area contributed by atoms with Crippen molar-refractivity contribution in [1.29, 1.82) is 0 Å². The van der Waals surface area contributed by atoms with E-state index in [1.54, 1.807) is 37.3 Å². The third kappa shape index (κ3) is 3.31. The SMILES string of the molecule is CC(c1ccc(F)c(F)c1)N(C)C(=O)C(O)c1ccccc1. The molecule has 0 bridgehead atoms. The quantitative estimate of drug-likeness (QED) is 0.942. The molecule has 0 saturated heterocycles. The average Bonchev–Trinajstić information content (AvgIpc) is 2.55. The van der Waals surface area contributed by atoms with Crippen LogP contribution in [-0.2, 0) is 4.79 Å². The number of halogens is 2. The third-order valence-electron chi connectivity index (χ3n) is 3.70. The summed E-state index contributed by atoms with van der Waals surface area (Å²) in [6.07, 6.45) is -1.29. The Morgan fingerprint density at radius 3 is 2.27 bits per heavy atom. The van der Waals surface area contributed by atoms with E-state index in [4.69, 9.17) is 0 Å². The molecule has 5 heteroatoms. The van der Waals surface area contributed by atoms with Gasteiger partial charge in [0, 0.05) is 7.05 Å². The molecule has 0 heterocycles. The summed E-state index contributed by atoms with van der Waals surface area (Å²) in [6, 6.07) is 11.5. The standard InChI is InChI=1S/C17H17F2NO2/c1-11(13-8-9-14(18)15(19)10-13)20(2)17(22)16(21)12-6-4-3-5-7-12/h3-11,16,21H,1-2H3. The summed E-state index contributed by atoms with van der Waals surface area (Å²) in [6.45, 7) is 1.68. The Kier molecular flexibility index (Phi) is 4.88. The van der Waals surface area contributed by atoms with Gasteiger partial charge in [-0.3, -0.25) is 4.79 Å². The lowest BCUT2D eigenvalue weighted by atomic mass is 10.0. The first-order valence-corrected chi connectivity index (χ1v) is 6.86. The van der Waals surface area contributed by atoms with E-state index < -0.39 is 29.7 Å².